The molecule has 0 heterocycles. The van der Waals surface area contributed by atoms with Crippen LogP contribution in [-0.2, 0) is 17.6 Å². The highest BCUT2D eigenvalue weighted by molar-refractivity contribution is 5.89. The minimum atomic E-state index is -0.683. The minimum Gasteiger partial charge on any atom is -0.491 e. The lowest BCUT2D eigenvalue weighted by Crippen LogP contribution is -2.45. The molecule has 4 atom stereocenters. The van der Waals surface area contributed by atoms with E-state index in [-0.39, 0.29) is 31.3 Å². The zero-order valence-electron chi connectivity index (χ0n) is 22.3. The quantitative estimate of drug-likeness (QED) is 0.196. The monoisotopic (exact) mass is 534 g/mol. The van der Waals surface area contributed by atoms with Crippen molar-refractivity contribution in [3.63, 3.8) is 0 Å². The Balaban J connectivity index is 1.36. The van der Waals surface area contributed by atoms with Crippen molar-refractivity contribution in [1.29, 1.82) is 0 Å². The average Bonchev–Trinajstić information content (AvgIpc) is 3.15. The number of esters is 1. The van der Waals surface area contributed by atoms with Crippen molar-refractivity contribution < 1.29 is 29.2 Å². The van der Waals surface area contributed by atoms with Crippen LogP contribution < -0.4 is 20.1 Å². The van der Waals surface area contributed by atoms with Crippen molar-refractivity contribution in [3.8, 4) is 11.5 Å². The number of aliphatic hydroxyl groups excluding tert-OH is 2. The van der Waals surface area contributed by atoms with Gasteiger partial charge in [0.05, 0.1) is 12.7 Å². The Morgan fingerprint density at radius 1 is 0.795 bits per heavy atom. The van der Waals surface area contributed by atoms with Gasteiger partial charge in [-0.25, -0.2) is 4.79 Å². The number of carbonyl (C=O) groups excluding carboxylic acids is 1. The van der Waals surface area contributed by atoms with Crippen LogP contribution in [0.3, 0.4) is 0 Å². The summed E-state index contributed by atoms with van der Waals surface area (Å²) in [5.41, 5.74) is 2.74. The molecule has 0 aromatic heterocycles. The summed E-state index contributed by atoms with van der Waals surface area (Å²) in [7, 11) is 1.38. The third kappa shape index (κ3) is 9.07. The largest absolute Gasteiger partial charge is 0.491 e. The van der Waals surface area contributed by atoms with E-state index in [4.69, 9.17) is 14.2 Å². The first kappa shape index (κ1) is 28.6. The number of ether oxygens (including phenoxy) is 3. The Kier molecular flexibility index (Phi) is 10.7. The van der Waals surface area contributed by atoms with E-state index in [2.05, 4.69) is 10.6 Å². The van der Waals surface area contributed by atoms with Gasteiger partial charge in [0.2, 0.25) is 0 Å². The van der Waals surface area contributed by atoms with E-state index in [1.165, 1.54) is 7.11 Å². The van der Waals surface area contributed by atoms with Crippen LogP contribution in [0.15, 0.2) is 78.9 Å². The normalized spacial score (nSPS) is 18.3. The van der Waals surface area contributed by atoms with Crippen LogP contribution in [0.2, 0.25) is 0 Å². The third-order valence-corrected chi connectivity index (χ3v) is 6.78. The van der Waals surface area contributed by atoms with Gasteiger partial charge in [-0.15, -0.1) is 0 Å². The number of hydrogen-bond donors (Lipinski definition) is 4. The van der Waals surface area contributed by atoms with Gasteiger partial charge in [-0.2, -0.15) is 0 Å². The summed E-state index contributed by atoms with van der Waals surface area (Å²) < 4.78 is 16.3. The molecule has 4 N–H and O–H groups in total. The lowest BCUT2D eigenvalue weighted by molar-refractivity contribution is 0.0600. The number of carbonyl (C=O) groups is 1. The maximum atomic E-state index is 12.1. The van der Waals surface area contributed by atoms with Crippen LogP contribution in [0.25, 0.3) is 0 Å². The van der Waals surface area contributed by atoms with Crippen LogP contribution in [0.1, 0.15) is 27.9 Å². The molecular formula is C31H38N2O6. The van der Waals surface area contributed by atoms with E-state index in [9.17, 15) is 15.0 Å². The van der Waals surface area contributed by atoms with E-state index >= 15 is 0 Å². The molecule has 0 fully saturated rings. The van der Waals surface area contributed by atoms with Crippen molar-refractivity contribution in [2.24, 2.45) is 0 Å². The number of nitrogens with one attached hydrogen (secondary N) is 2. The molecule has 4 rings (SSSR count). The zero-order chi connectivity index (χ0) is 27.5. The summed E-state index contributed by atoms with van der Waals surface area (Å²) in [6.07, 6.45) is 0.877. The van der Waals surface area contributed by atoms with E-state index in [1.54, 1.807) is 6.07 Å². The van der Waals surface area contributed by atoms with Gasteiger partial charge in [0.15, 0.2) is 0 Å². The molecule has 0 radical (unpaired) electrons. The predicted octanol–water partition coefficient (Wildman–Crippen LogP) is 2.76. The van der Waals surface area contributed by atoms with Crippen LogP contribution in [-0.4, -0.2) is 73.9 Å². The van der Waals surface area contributed by atoms with Crippen molar-refractivity contribution >= 4 is 5.97 Å². The Hall–Kier alpha value is -3.43. The van der Waals surface area contributed by atoms with Gasteiger partial charge in [0, 0.05) is 25.2 Å². The van der Waals surface area contributed by atoms with Gasteiger partial charge in [-0.3, -0.25) is 0 Å². The summed E-state index contributed by atoms with van der Waals surface area (Å²) in [6, 6.07) is 24.6. The number of para-hydroxylation sites is 2. The predicted molar refractivity (Wildman–Crippen MR) is 149 cm³/mol. The van der Waals surface area contributed by atoms with Crippen molar-refractivity contribution in [2.75, 3.05) is 33.4 Å². The summed E-state index contributed by atoms with van der Waals surface area (Å²) >= 11 is 0. The average molecular weight is 535 g/mol. The van der Waals surface area contributed by atoms with Gasteiger partial charge in [-0.1, -0.05) is 42.5 Å². The fourth-order valence-corrected chi connectivity index (χ4v) is 4.75. The third-order valence-electron chi connectivity index (χ3n) is 6.78. The molecule has 208 valence electrons. The molecule has 8 nitrogen and oxygen atoms in total. The fourth-order valence-electron chi connectivity index (χ4n) is 4.75. The van der Waals surface area contributed by atoms with Crippen molar-refractivity contribution in [1.82, 2.24) is 10.6 Å². The molecule has 39 heavy (non-hydrogen) atoms. The van der Waals surface area contributed by atoms with E-state index in [0.29, 0.717) is 30.8 Å². The first-order chi connectivity index (χ1) is 19.0. The van der Waals surface area contributed by atoms with Crippen LogP contribution >= 0.6 is 0 Å². The van der Waals surface area contributed by atoms with Gasteiger partial charge in [0.1, 0.15) is 36.9 Å². The number of rotatable bonds is 13. The van der Waals surface area contributed by atoms with E-state index < -0.39 is 12.2 Å². The summed E-state index contributed by atoms with van der Waals surface area (Å²) in [5, 5.41) is 28.1. The highest BCUT2D eigenvalue weighted by Crippen LogP contribution is 2.23. The summed E-state index contributed by atoms with van der Waals surface area (Å²) in [6.45, 7) is 1.12. The molecule has 8 heteroatoms. The molecule has 1 aliphatic carbocycles. The van der Waals surface area contributed by atoms with Crippen LogP contribution in [0.5, 0.6) is 11.5 Å². The number of benzene rings is 3. The SMILES string of the molecule is COC(=O)c1ccc2c(c1)CC(NC[C@H](O)COc1ccccc1)CC(NC[C@H](O)COc1ccccc1)C2. The van der Waals surface area contributed by atoms with Crippen molar-refractivity contribution in [3.05, 3.63) is 95.6 Å². The smallest absolute Gasteiger partial charge is 0.337 e. The standard InChI is InChI=1S/C31H38N2O6/c1-37-31(36)23-13-12-22-15-25(32-18-27(34)20-38-29-8-4-2-5-9-29)17-26(16-24(22)14-23)33-19-28(35)21-39-30-10-6-3-7-11-30/h2-14,25-28,32-35H,15-21H2,1H3/t25?,26?,27-,28-/m0/s1. The Labute approximate surface area is 229 Å². The molecule has 3 aromatic carbocycles. The van der Waals surface area contributed by atoms with E-state index in [1.807, 2.05) is 72.8 Å². The molecule has 2 unspecified atom stereocenters. The molecule has 0 bridgehead atoms. The number of methoxy groups -OCH3 is 1. The summed E-state index contributed by atoms with van der Waals surface area (Å²) in [5.74, 6) is 1.08. The lowest BCUT2D eigenvalue weighted by atomic mass is 9.98. The Bertz CT molecular complexity index is 1160. The van der Waals surface area contributed by atoms with Gasteiger partial charge >= 0.3 is 5.97 Å². The van der Waals surface area contributed by atoms with Gasteiger partial charge in [0.25, 0.3) is 0 Å². The topological polar surface area (TPSA) is 109 Å². The first-order valence-corrected chi connectivity index (χ1v) is 13.4. The molecule has 3 aromatic rings. The molecule has 0 saturated carbocycles. The lowest BCUT2D eigenvalue weighted by Gasteiger charge is -2.25. The summed E-state index contributed by atoms with van der Waals surface area (Å²) in [4.78, 5) is 12.1. The number of fused-ring (bicyclic) bond motifs is 1. The molecule has 1 aliphatic rings. The second-order valence-electron chi connectivity index (χ2n) is 9.89. The number of aliphatic hydroxyl groups is 2. The Morgan fingerprint density at radius 2 is 1.31 bits per heavy atom. The molecule has 0 saturated heterocycles. The second-order valence-corrected chi connectivity index (χ2v) is 9.89. The zero-order valence-corrected chi connectivity index (χ0v) is 22.3. The fraction of sp³-hybridized carbons (Fsp3) is 0.387. The number of hydrogen-bond acceptors (Lipinski definition) is 8. The Morgan fingerprint density at radius 3 is 1.82 bits per heavy atom. The highest BCUT2D eigenvalue weighted by atomic mass is 16.5. The molecular weight excluding hydrogens is 496 g/mol. The molecule has 0 spiro atoms. The highest BCUT2D eigenvalue weighted by Gasteiger charge is 2.25. The van der Waals surface area contributed by atoms with Gasteiger partial charge < -0.3 is 35.1 Å². The molecule has 0 aliphatic heterocycles. The first-order valence-electron chi connectivity index (χ1n) is 13.4. The van der Waals surface area contributed by atoms with Crippen molar-refractivity contribution in [2.45, 2.75) is 43.6 Å². The second kappa shape index (κ2) is 14.6. The minimum absolute atomic E-state index is 0.0423. The maximum Gasteiger partial charge on any atom is 0.337 e. The van der Waals surface area contributed by atoms with Crippen LogP contribution in [0.4, 0.5) is 0 Å². The molecule has 0 amide bonds. The van der Waals surface area contributed by atoms with E-state index in [0.717, 1.165) is 29.7 Å². The maximum absolute atomic E-state index is 12.1. The van der Waals surface area contributed by atoms with Crippen LogP contribution in [0, 0.1) is 0 Å². The van der Waals surface area contributed by atoms with Gasteiger partial charge in [-0.05, 0) is 66.8 Å².